The lowest BCUT2D eigenvalue weighted by Gasteiger charge is -2.31. The zero-order chi connectivity index (χ0) is 15.5. The van der Waals surface area contributed by atoms with Gasteiger partial charge in [0.05, 0.1) is 17.7 Å². The first-order valence-corrected chi connectivity index (χ1v) is 7.22. The van der Waals surface area contributed by atoms with E-state index >= 15 is 0 Å². The molecule has 2 nitrogen and oxygen atoms in total. The number of benzene rings is 2. The third-order valence-corrected chi connectivity index (χ3v) is 4.18. The summed E-state index contributed by atoms with van der Waals surface area (Å²) in [5, 5.41) is 19.5. The zero-order valence-corrected chi connectivity index (χ0v) is 12.8. The smallest absolute Gasteiger partial charge is 0.137 e. The SMILES string of the molecule is OCC(CO)(Cc1ccc(F)c(Br)c1)c1ccccc1F. The molecule has 0 aliphatic rings. The molecule has 0 fully saturated rings. The Morgan fingerprint density at radius 2 is 1.62 bits per heavy atom. The lowest BCUT2D eigenvalue weighted by molar-refractivity contribution is 0.113. The molecule has 0 bridgehead atoms. The van der Waals surface area contributed by atoms with E-state index in [-0.39, 0.29) is 12.0 Å². The summed E-state index contributed by atoms with van der Waals surface area (Å²) >= 11 is 3.09. The highest BCUT2D eigenvalue weighted by molar-refractivity contribution is 9.10. The van der Waals surface area contributed by atoms with Crippen molar-refractivity contribution >= 4 is 15.9 Å². The van der Waals surface area contributed by atoms with E-state index in [1.807, 2.05) is 0 Å². The van der Waals surface area contributed by atoms with Crippen molar-refractivity contribution in [2.45, 2.75) is 11.8 Å². The lowest BCUT2D eigenvalue weighted by atomic mass is 9.76. The van der Waals surface area contributed by atoms with E-state index in [9.17, 15) is 19.0 Å². The Labute approximate surface area is 130 Å². The van der Waals surface area contributed by atoms with Crippen molar-refractivity contribution in [3.63, 3.8) is 0 Å². The number of aliphatic hydroxyl groups excluding tert-OH is 2. The second kappa shape index (κ2) is 6.64. The van der Waals surface area contributed by atoms with Gasteiger partial charge in [0.2, 0.25) is 0 Å². The number of halogens is 3. The molecule has 0 spiro atoms. The number of hydrogen-bond acceptors (Lipinski definition) is 2. The second-order valence-electron chi connectivity index (χ2n) is 5.00. The van der Waals surface area contributed by atoms with Gasteiger partial charge < -0.3 is 10.2 Å². The van der Waals surface area contributed by atoms with E-state index in [0.29, 0.717) is 10.0 Å². The van der Waals surface area contributed by atoms with Gasteiger partial charge in [-0.2, -0.15) is 0 Å². The Hall–Kier alpha value is -1.30. The first-order valence-electron chi connectivity index (χ1n) is 6.43. The van der Waals surface area contributed by atoms with Crippen LogP contribution in [0, 0.1) is 11.6 Å². The largest absolute Gasteiger partial charge is 0.395 e. The van der Waals surface area contributed by atoms with Gasteiger partial charge in [-0.3, -0.25) is 0 Å². The molecule has 0 unspecified atom stereocenters. The van der Waals surface area contributed by atoms with Crippen molar-refractivity contribution in [3.8, 4) is 0 Å². The Kier molecular flexibility index (Phi) is 5.08. The summed E-state index contributed by atoms with van der Waals surface area (Å²) in [5.74, 6) is -0.884. The lowest BCUT2D eigenvalue weighted by Crippen LogP contribution is -2.38. The summed E-state index contributed by atoms with van der Waals surface area (Å²) in [5.41, 5.74) is -0.215. The third kappa shape index (κ3) is 3.31. The number of aliphatic hydroxyl groups is 2. The van der Waals surface area contributed by atoms with Gasteiger partial charge in [-0.05, 0) is 51.7 Å². The average Bonchev–Trinajstić information content (AvgIpc) is 2.49. The molecule has 112 valence electrons. The minimum absolute atomic E-state index is 0.194. The van der Waals surface area contributed by atoms with Crippen LogP contribution in [0.1, 0.15) is 11.1 Å². The minimum Gasteiger partial charge on any atom is -0.395 e. The van der Waals surface area contributed by atoms with E-state index in [2.05, 4.69) is 15.9 Å². The van der Waals surface area contributed by atoms with E-state index in [0.717, 1.165) is 0 Å². The van der Waals surface area contributed by atoms with E-state index in [1.165, 1.54) is 12.1 Å². The van der Waals surface area contributed by atoms with E-state index < -0.39 is 30.3 Å². The summed E-state index contributed by atoms with van der Waals surface area (Å²) in [6.07, 6.45) is 0.194. The molecule has 2 aromatic rings. The van der Waals surface area contributed by atoms with Crippen LogP contribution in [-0.2, 0) is 11.8 Å². The van der Waals surface area contributed by atoms with Gasteiger partial charge in [-0.1, -0.05) is 24.3 Å². The summed E-state index contributed by atoms with van der Waals surface area (Å²) < 4.78 is 27.6. The molecule has 0 saturated carbocycles. The van der Waals surface area contributed by atoms with Crippen LogP contribution in [-0.4, -0.2) is 23.4 Å². The van der Waals surface area contributed by atoms with Crippen LogP contribution in [0.2, 0.25) is 0 Å². The molecule has 0 aliphatic heterocycles. The molecular formula is C16H15BrF2O2. The molecular weight excluding hydrogens is 342 g/mol. The van der Waals surface area contributed by atoms with Gasteiger partial charge in [0.25, 0.3) is 0 Å². The molecule has 0 aliphatic carbocycles. The normalized spacial score (nSPS) is 11.7. The summed E-state index contributed by atoms with van der Waals surface area (Å²) in [4.78, 5) is 0. The van der Waals surface area contributed by atoms with E-state index in [4.69, 9.17) is 0 Å². The van der Waals surface area contributed by atoms with Gasteiger partial charge in [0.15, 0.2) is 0 Å². The molecule has 21 heavy (non-hydrogen) atoms. The summed E-state index contributed by atoms with van der Waals surface area (Å²) in [6.45, 7) is -0.834. The molecule has 2 N–H and O–H groups in total. The first-order chi connectivity index (χ1) is 10.0. The number of hydrogen-bond donors (Lipinski definition) is 2. The maximum atomic E-state index is 14.0. The van der Waals surface area contributed by atoms with Crippen molar-refractivity contribution in [2.24, 2.45) is 0 Å². The van der Waals surface area contributed by atoms with Gasteiger partial charge in [0.1, 0.15) is 11.6 Å². The Balaban J connectivity index is 2.43. The van der Waals surface area contributed by atoms with Crippen molar-refractivity contribution < 1.29 is 19.0 Å². The van der Waals surface area contributed by atoms with Crippen LogP contribution in [0.15, 0.2) is 46.9 Å². The second-order valence-corrected chi connectivity index (χ2v) is 5.86. The fraction of sp³-hybridized carbons (Fsp3) is 0.250. The molecule has 2 rings (SSSR count). The van der Waals surface area contributed by atoms with Crippen LogP contribution in [0.3, 0.4) is 0 Å². The van der Waals surface area contributed by atoms with Crippen molar-refractivity contribution in [1.29, 1.82) is 0 Å². The molecule has 0 radical (unpaired) electrons. The average molecular weight is 357 g/mol. The standard InChI is InChI=1S/C16H15BrF2O2/c17-13-7-11(5-6-15(13)19)8-16(9-20,10-21)12-3-1-2-4-14(12)18/h1-7,20-21H,8-10H2. The monoisotopic (exact) mass is 356 g/mol. The molecule has 0 aromatic heterocycles. The van der Waals surface area contributed by atoms with Crippen LogP contribution >= 0.6 is 15.9 Å². The van der Waals surface area contributed by atoms with Crippen molar-refractivity contribution in [3.05, 3.63) is 69.7 Å². The molecule has 0 heterocycles. The first kappa shape index (κ1) is 16.1. The fourth-order valence-corrected chi connectivity index (χ4v) is 2.79. The van der Waals surface area contributed by atoms with Crippen molar-refractivity contribution in [1.82, 2.24) is 0 Å². The predicted octanol–water partition coefficient (Wildman–Crippen LogP) is 3.19. The maximum Gasteiger partial charge on any atom is 0.137 e. The Morgan fingerprint density at radius 1 is 0.952 bits per heavy atom. The zero-order valence-electron chi connectivity index (χ0n) is 11.2. The predicted molar refractivity (Wildman–Crippen MR) is 80.1 cm³/mol. The number of rotatable bonds is 5. The highest BCUT2D eigenvalue weighted by Crippen LogP contribution is 2.31. The Morgan fingerprint density at radius 3 is 2.19 bits per heavy atom. The topological polar surface area (TPSA) is 40.5 Å². The Bertz CT molecular complexity index is 627. The quantitative estimate of drug-likeness (QED) is 0.863. The van der Waals surface area contributed by atoms with Gasteiger partial charge >= 0.3 is 0 Å². The highest BCUT2D eigenvalue weighted by Gasteiger charge is 2.34. The molecule has 0 atom stereocenters. The summed E-state index contributed by atoms with van der Waals surface area (Å²) in [7, 11) is 0. The molecule has 0 amide bonds. The summed E-state index contributed by atoms with van der Waals surface area (Å²) in [6, 6.07) is 10.4. The molecule has 0 saturated heterocycles. The highest BCUT2D eigenvalue weighted by atomic mass is 79.9. The maximum absolute atomic E-state index is 14.0. The van der Waals surface area contributed by atoms with Crippen LogP contribution in [0.5, 0.6) is 0 Å². The fourth-order valence-electron chi connectivity index (χ4n) is 2.36. The van der Waals surface area contributed by atoms with Crippen LogP contribution < -0.4 is 0 Å². The molecule has 5 heteroatoms. The minimum atomic E-state index is -1.15. The molecule has 2 aromatic carbocycles. The van der Waals surface area contributed by atoms with Gasteiger partial charge in [-0.25, -0.2) is 8.78 Å². The van der Waals surface area contributed by atoms with Crippen LogP contribution in [0.25, 0.3) is 0 Å². The van der Waals surface area contributed by atoms with Gasteiger partial charge in [-0.15, -0.1) is 0 Å². The van der Waals surface area contributed by atoms with Gasteiger partial charge in [0, 0.05) is 5.41 Å². The van der Waals surface area contributed by atoms with Crippen LogP contribution in [0.4, 0.5) is 8.78 Å². The third-order valence-electron chi connectivity index (χ3n) is 3.58. The van der Waals surface area contributed by atoms with E-state index in [1.54, 1.807) is 30.3 Å². The van der Waals surface area contributed by atoms with Crippen molar-refractivity contribution in [2.75, 3.05) is 13.2 Å².